The van der Waals surface area contributed by atoms with E-state index in [2.05, 4.69) is 0 Å². The summed E-state index contributed by atoms with van der Waals surface area (Å²) >= 11 is 0. The van der Waals surface area contributed by atoms with Gasteiger partial charge in [-0.2, -0.15) is 0 Å². The standard InChI is InChI=1S/C11H14F2O2/c1-8(5-14)6-15-7-9-2-10(12)4-11(13)3-9/h2-4,8,14H,5-7H2,1H3. The van der Waals surface area contributed by atoms with Gasteiger partial charge in [0, 0.05) is 18.6 Å². The number of hydrogen-bond acceptors (Lipinski definition) is 2. The fourth-order valence-electron chi connectivity index (χ4n) is 1.12. The molecule has 1 aromatic rings. The summed E-state index contributed by atoms with van der Waals surface area (Å²) in [5.41, 5.74) is 0.456. The van der Waals surface area contributed by atoms with Gasteiger partial charge in [0.1, 0.15) is 11.6 Å². The van der Waals surface area contributed by atoms with Gasteiger partial charge in [-0.15, -0.1) is 0 Å². The lowest BCUT2D eigenvalue weighted by Gasteiger charge is -2.08. The predicted octanol–water partition coefficient (Wildman–Crippen LogP) is 2.11. The van der Waals surface area contributed by atoms with Gasteiger partial charge in [0.25, 0.3) is 0 Å². The highest BCUT2D eigenvalue weighted by atomic mass is 19.1. The molecule has 1 unspecified atom stereocenters. The van der Waals surface area contributed by atoms with Gasteiger partial charge in [-0.3, -0.25) is 0 Å². The van der Waals surface area contributed by atoms with Crippen LogP contribution < -0.4 is 0 Å². The fraction of sp³-hybridized carbons (Fsp3) is 0.455. The summed E-state index contributed by atoms with van der Waals surface area (Å²) in [6.45, 7) is 2.39. The molecular formula is C11H14F2O2. The van der Waals surface area contributed by atoms with Crippen LogP contribution in [0.5, 0.6) is 0 Å². The van der Waals surface area contributed by atoms with Crippen molar-refractivity contribution in [3.05, 3.63) is 35.4 Å². The molecule has 15 heavy (non-hydrogen) atoms. The first-order valence-corrected chi connectivity index (χ1v) is 4.75. The molecule has 4 heteroatoms. The number of aliphatic hydroxyl groups excluding tert-OH is 1. The lowest BCUT2D eigenvalue weighted by atomic mass is 10.2. The van der Waals surface area contributed by atoms with Crippen LogP contribution in [-0.2, 0) is 11.3 Å². The molecule has 0 aliphatic rings. The lowest BCUT2D eigenvalue weighted by molar-refractivity contribution is 0.0693. The number of hydrogen-bond donors (Lipinski definition) is 1. The molecule has 0 heterocycles. The second-order valence-corrected chi connectivity index (χ2v) is 3.58. The quantitative estimate of drug-likeness (QED) is 0.816. The minimum atomic E-state index is -0.608. The predicted molar refractivity (Wildman–Crippen MR) is 52.3 cm³/mol. The van der Waals surface area contributed by atoms with Crippen molar-refractivity contribution in [3.63, 3.8) is 0 Å². The summed E-state index contributed by atoms with van der Waals surface area (Å²) in [5.74, 6) is -1.18. The number of rotatable bonds is 5. The summed E-state index contributed by atoms with van der Waals surface area (Å²) in [6, 6.07) is 3.28. The molecule has 1 atom stereocenters. The van der Waals surface area contributed by atoms with Crippen molar-refractivity contribution in [2.45, 2.75) is 13.5 Å². The summed E-state index contributed by atoms with van der Waals surface area (Å²) in [5, 5.41) is 8.72. The third kappa shape index (κ3) is 4.36. The Labute approximate surface area is 87.5 Å². The van der Waals surface area contributed by atoms with Crippen LogP contribution in [0, 0.1) is 17.6 Å². The summed E-state index contributed by atoms with van der Waals surface area (Å²) in [4.78, 5) is 0. The maximum atomic E-state index is 12.7. The summed E-state index contributed by atoms with van der Waals surface area (Å²) in [6.07, 6.45) is 0. The van der Waals surface area contributed by atoms with Crippen molar-refractivity contribution < 1.29 is 18.6 Å². The number of ether oxygens (including phenoxy) is 1. The van der Waals surface area contributed by atoms with Gasteiger partial charge < -0.3 is 9.84 Å². The van der Waals surface area contributed by atoms with Crippen LogP contribution >= 0.6 is 0 Å². The van der Waals surface area contributed by atoms with Crippen LogP contribution in [0.15, 0.2) is 18.2 Å². The lowest BCUT2D eigenvalue weighted by Crippen LogP contribution is -2.09. The Morgan fingerprint density at radius 1 is 1.27 bits per heavy atom. The normalized spacial score (nSPS) is 12.8. The molecule has 0 saturated heterocycles. The molecule has 0 bridgehead atoms. The van der Waals surface area contributed by atoms with Crippen LogP contribution in [-0.4, -0.2) is 18.3 Å². The largest absolute Gasteiger partial charge is 0.396 e. The van der Waals surface area contributed by atoms with Gasteiger partial charge in [0.2, 0.25) is 0 Å². The zero-order valence-electron chi connectivity index (χ0n) is 8.54. The minimum Gasteiger partial charge on any atom is -0.396 e. The smallest absolute Gasteiger partial charge is 0.126 e. The van der Waals surface area contributed by atoms with E-state index in [-0.39, 0.29) is 19.1 Å². The van der Waals surface area contributed by atoms with Gasteiger partial charge in [-0.05, 0) is 17.7 Å². The van der Waals surface area contributed by atoms with Crippen molar-refractivity contribution in [1.29, 1.82) is 0 Å². The van der Waals surface area contributed by atoms with Crippen LogP contribution in [0.2, 0.25) is 0 Å². The minimum absolute atomic E-state index is 0.0309. The molecule has 84 valence electrons. The molecular weight excluding hydrogens is 202 g/mol. The summed E-state index contributed by atoms with van der Waals surface area (Å²) in [7, 11) is 0. The Bertz CT molecular complexity index is 295. The maximum Gasteiger partial charge on any atom is 0.126 e. The second-order valence-electron chi connectivity index (χ2n) is 3.58. The Balaban J connectivity index is 2.43. The van der Waals surface area contributed by atoms with Gasteiger partial charge in [0.15, 0.2) is 0 Å². The molecule has 0 aliphatic carbocycles. The molecule has 1 N–H and O–H groups in total. The average Bonchev–Trinajstić information content (AvgIpc) is 2.16. The highest BCUT2D eigenvalue weighted by Gasteiger charge is 2.03. The molecule has 1 rings (SSSR count). The Hall–Kier alpha value is -1.00. The van der Waals surface area contributed by atoms with Crippen LogP contribution in [0.4, 0.5) is 8.78 Å². The van der Waals surface area contributed by atoms with Crippen molar-refractivity contribution >= 4 is 0 Å². The van der Waals surface area contributed by atoms with Crippen molar-refractivity contribution in [3.8, 4) is 0 Å². The van der Waals surface area contributed by atoms with E-state index in [0.29, 0.717) is 12.2 Å². The third-order valence-electron chi connectivity index (χ3n) is 1.91. The highest BCUT2D eigenvalue weighted by Crippen LogP contribution is 2.09. The molecule has 0 fully saturated rings. The Kier molecular flexibility index (Phi) is 4.65. The van der Waals surface area contributed by atoms with E-state index in [1.165, 1.54) is 12.1 Å². The molecule has 0 spiro atoms. The molecule has 1 aromatic carbocycles. The second kappa shape index (κ2) is 5.78. The monoisotopic (exact) mass is 216 g/mol. The first-order valence-electron chi connectivity index (χ1n) is 4.75. The van der Waals surface area contributed by atoms with Gasteiger partial charge >= 0.3 is 0 Å². The SMILES string of the molecule is CC(CO)COCc1cc(F)cc(F)c1. The molecule has 2 nitrogen and oxygen atoms in total. The Morgan fingerprint density at radius 2 is 1.87 bits per heavy atom. The molecule has 0 saturated carbocycles. The van der Waals surface area contributed by atoms with Gasteiger partial charge in [0.05, 0.1) is 13.2 Å². The molecule has 0 aromatic heterocycles. The topological polar surface area (TPSA) is 29.5 Å². The van der Waals surface area contributed by atoms with E-state index >= 15 is 0 Å². The third-order valence-corrected chi connectivity index (χ3v) is 1.91. The van der Waals surface area contributed by atoms with Gasteiger partial charge in [-0.25, -0.2) is 8.78 Å². The van der Waals surface area contributed by atoms with Gasteiger partial charge in [-0.1, -0.05) is 6.92 Å². The first-order chi connectivity index (χ1) is 7.11. The number of halogens is 2. The van der Waals surface area contributed by atoms with E-state index in [9.17, 15) is 8.78 Å². The first kappa shape index (κ1) is 12.1. The van der Waals surface area contributed by atoms with E-state index in [0.717, 1.165) is 6.07 Å². The summed E-state index contributed by atoms with van der Waals surface area (Å²) < 4.78 is 30.7. The van der Waals surface area contributed by atoms with E-state index in [4.69, 9.17) is 9.84 Å². The Morgan fingerprint density at radius 3 is 2.40 bits per heavy atom. The van der Waals surface area contributed by atoms with Crippen LogP contribution in [0.3, 0.4) is 0 Å². The molecule has 0 radical (unpaired) electrons. The van der Waals surface area contributed by atoms with Crippen LogP contribution in [0.25, 0.3) is 0 Å². The fourth-order valence-corrected chi connectivity index (χ4v) is 1.12. The van der Waals surface area contributed by atoms with Crippen molar-refractivity contribution in [2.75, 3.05) is 13.2 Å². The zero-order valence-corrected chi connectivity index (χ0v) is 8.54. The van der Waals surface area contributed by atoms with E-state index in [1.807, 2.05) is 6.92 Å². The highest BCUT2D eigenvalue weighted by molar-refractivity contribution is 5.16. The van der Waals surface area contributed by atoms with Crippen molar-refractivity contribution in [2.24, 2.45) is 5.92 Å². The number of benzene rings is 1. The molecule has 0 aliphatic heterocycles. The zero-order chi connectivity index (χ0) is 11.3. The van der Waals surface area contributed by atoms with E-state index < -0.39 is 11.6 Å². The van der Waals surface area contributed by atoms with Crippen molar-refractivity contribution in [1.82, 2.24) is 0 Å². The number of aliphatic hydroxyl groups is 1. The van der Waals surface area contributed by atoms with E-state index in [1.54, 1.807) is 0 Å². The van der Waals surface area contributed by atoms with Crippen LogP contribution in [0.1, 0.15) is 12.5 Å². The maximum absolute atomic E-state index is 12.7. The average molecular weight is 216 g/mol. The molecule has 0 amide bonds.